The predicted octanol–water partition coefficient (Wildman–Crippen LogP) is 3.10. The standard InChI is InChI=1S/C25H26BrN7O6/c1-4-29(16(3)14-30-25(34)19-7-5-6-8-22(19)31(30)35)17-9-10-21(15(2)11-17)27-28-24-20(26)12-18(32(36)37)13-23(24)33(38)39/h5-13,16,27-28,31H,4,14H2,1-3H3/p+1. The first kappa shape index (κ1) is 27.9. The molecule has 204 valence electrons. The van der Waals surface area contributed by atoms with Gasteiger partial charge in [0.2, 0.25) is 0 Å². The summed E-state index contributed by atoms with van der Waals surface area (Å²) in [7, 11) is 0. The molecule has 0 bridgehead atoms. The Morgan fingerprint density at radius 2 is 1.85 bits per heavy atom. The molecule has 14 heteroatoms. The summed E-state index contributed by atoms with van der Waals surface area (Å²) in [6.45, 7) is 6.69. The van der Waals surface area contributed by atoms with Crippen molar-refractivity contribution in [1.82, 2.24) is 5.01 Å². The number of fused-ring (bicyclic) bond motifs is 1. The van der Waals surface area contributed by atoms with Gasteiger partial charge in [0.05, 0.1) is 26.9 Å². The van der Waals surface area contributed by atoms with Crippen LogP contribution in [0.1, 0.15) is 29.8 Å². The fourth-order valence-electron chi connectivity index (χ4n) is 4.64. The number of rotatable bonds is 10. The van der Waals surface area contributed by atoms with E-state index in [1.54, 1.807) is 29.7 Å². The van der Waals surface area contributed by atoms with Gasteiger partial charge in [-0.05, 0) is 54.9 Å². The van der Waals surface area contributed by atoms with E-state index in [9.17, 15) is 30.2 Å². The van der Waals surface area contributed by atoms with E-state index in [0.29, 0.717) is 17.8 Å². The quantitative estimate of drug-likeness (QED) is 0.105. The van der Waals surface area contributed by atoms with Crippen LogP contribution in [0.5, 0.6) is 0 Å². The molecule has 0 aliphatic carbocycles. The zero-order valence-electron chi connectivity index (χ0n) is 21.4. The third kappa shape index (κ3) is 5.54. The highest BCUT2D eigenvalue weighted by molar-refractivity contribution is 9.10. The van der Waals surface area contributed by atoms with Crippen molar-refractivity contribution in [2.75, 3.05) is 23.4 Å². The summed E-state index contributed by atoms with van der Waals surface area (Å²) in [6, 6.07) is 14.4. The lowest BCUT2D eigenvalue weighted by Crippen LogP contribution is -3.08. The molecule has 3 aromatic rings. The van der Waals surface area contributed by atoms with Crippen LogP contribution in [0.25, 0.3) is 0 Å². The minimum atomic E-state index is -0.691. The molecule has 39 heavy (non-hydrogen) atoms. The molecule has 2 atom stereocenters. The van der Waals surface area contributed by atoms with Crippen molar-refractivity contribution < 1.29 is 25.2 Å². The second-order valence-electron chi connectivity index (χ2n) is 9.07. The highest BCUT2D eigenvalue weighted by Gasteiger charge is 2.36. The van der Waals surface area contributed by atoms with Crippen LogP contribution < -0.4 is 20.9 Å². The summed E-state index contributed by atoms with van der Waals surface area (Å²) in [5.74, 6) is -0.294. The topological polar surface area (TPSA) is 166 Å². The first-order chi connectivity index (χ1) is 18.5. The second kappa shape index (κ2) is 11.3. The van der Waals surface area contributed by atoms with E-state index in [2.05, 4.69) is 26.3 Å². The van der Waals surface area contributed by atoms with Crippen molar-refractivity contribution in [2.45, 2.75) is 26.8 Å². The Hall–Kier alpha value is -4.11. The van der Waals surface area contributed by atoms with Crippen molar-refractivity contribution in [3.05, 3.63) is 95.6 Å². The summed E-state index contributed by atoms with van der Waals surface area (Å²) in [5.41, 5.74) is 7.12. The first-order valence-electron chi connectivity index (χ1n) is 12.1. The maximum absolute atomic E-state index is 12.8. The highest BCUT2D eigenvalue weighted by Crippen LogP contribution is 2.36. The molecule has 1 aliphatic heterocycles. The number of non-ortho nitro benzene ring substituents is 1. The minimum Gasteiger partial charge on any atom is -0.602 e. The number of likely N-dealkylation sites (N-methyl/N-ethyl adjacent to an activating group) is 1. The number of nitrogens with zero attached hydrogens (tertiary/aromatic N) is 4. The fourth-order valence-corrected chi connectivity index (χ4v) is 5.19. The van der Waals surface area contributed by atoms with Gasteiger partial charge in [0.15, 0.2) is 17.1 Å². The second-order valence-corrected chi connectivity index (χ2v) is 9.92. The lowest BCUT2D eigenvalue weighted by atomic mass is 10.1. The van der Waals surface area contributed by atoms with Gasteiger partial charge in [-0.15, -0.1) is 0 Å². The molecular weight excluding hydrogens is 574 g/mol. The summed E-state index contributed by atoms with van der Waals surface area (Å²) in [4.78, 5) is 36.2. The number of nitro benzene ring substituents is 2. The number of nitrogens with two attached hydrogens (primary N) is 1. The van der Waals surface area contributed by atoms with Gasteiger partial charge in [-0.25, -0.2) is 16.0 Å². The van der Waals surface area contributed by atoms with E-state index in [1.807, 2.05) is 39.0 Å². The van der Waals surface area contributed by atoms with Crippen molar-refractivity contribution >= 4 is 56.0 Å². The Morgan fingerprint density at radius 3 is 2.46 bits per heavy atom. The molecule has 1 amide bonds. The minimum absolute atomic E-state index is 0.0961. The van der Waals surface area contributed by atoms with Crippen molar-refractivity contribution in [2.24, 2.45) is 0 Å². The molecule has 4 N–H and O–H groups in total. The molecular formula is C25H27BrN7O6+. The van der Waals surface area contributed by atoms with Gasteiger partial charge in [-0.1, -0.05) is 12.1 Å². The van der Waals surface area contributed by atoms with Crippen LogP contribution in [-0.2, 0) is 0 Å². The maximum Gasteiger partial charge on any atom is 0.305 e. The summed E-state index contributed by atoms with van der Waals surface area (Å²) >= 11 is 3.19. The molecule has 0 spiro atoms. The van der Waals surface area contributed by atoms with Crippen LogP contribution in [0.4, 0.5) is 34.1 Å². The maximum atomic E-state index is 12.8. The molecule has 0 radical (unpaired) electrons. The fraction of sp³-hybridized carbons (Fsp3) is 0.240. The molecule has 2 unspecified atom stereocenters. The van der Waals surface area contributed by atoms with Crippen LogP contribution in [0, 0.1) is 32.4 Å². The predicted molar refractivity (Wildman–Crippen MR) is 148 cm³/mol. The van der Waals surface area contributed by atoms with Crippen LogP contribution in [-0.4, -0.2) is 39.9 Å². The molecule has 0 fully saturated rings. The molecule has 1 aliphatic rings. The van der Waals surface area contributed by atoms with Gasteiger partial charge in [0, 0.05) is 42.0 Å². The molecule has 1 heterocycles. The molecule has 3 aromatic carbocycles. The largest absolute Gasteiger partial charge is 0.602 e. The number of amides is 1. The van der Waals surface area contributed by atoms with Gasteiger partial charge >= 0.3 is 11.6 Å². The Labute approximate surface area is 231 Å². The zero-order chi connectivity index (χ0) is 28.4. The van der Waals surface area contributed by atoms with E-state index in [1.165, 1.54) is 11.1 Å². The first-order valence-corrected chi connectivity index (χ1v) is 12.9. The monoisotopic (exact) mass is 600 g/mol. The van der Waals surface area contributed by atoms with Gasteiger partial charge in [-0.2, -0.15) is 5.01 Å². The Balaban J connectivity index is 1.49. The van der Waals surface area contributed by atoms with Crippen molar-refractivity contribution in [1.29, 1.82) is 0 Å². The van der Waals surface area contributed by atoms with Crippen LogP contribution in [0.2, 0.25) is 0 Å². The van der Waals surface area contributed by atoms with Gasteiger partial charge < -0.3 is 10.1 Å². The number of nitrogens with one attached hydrogen (secondary N) is 2. The Kier molecular flexibility index (Phi) is 8.11. The van der Waals surface area contributed by atoms with E-state index in [4.69, 9.17) is 0 Å². The number of anilines is 2. The lowest BCUT2D eigenvalue weighted by Gasteiger charge is -2.35. The van der Waals surface area contributed by atoms with E-state index < -0.39 is 21.2 Å². The van der Waals surface area contributed by atoms with E-state index in [0.717, 1.165) is 23.0 Å². The number of hydrogen-bond donors (Lipinski definition) is 3. The lowest BCUT2D eigenvalue weighted by molar-refractivity contribution is -0.890. The number of quaternary nitrogens is 2. The number of aryl methyl sites for hydroxylation is 1. The van der Waals surface area contributed by atoms with E-state index >= 15 is 0 Å². The van der Waals surface area contributed by atoms with Crippen LogP contribution in [0.3, 0.4) is 0 Å². The summed E-state index contributed by atoms with van der Waals surface area (Å²) < 4.78 is 0.188. The average molecular weight is 601 g/mol. The van der Waals surface area contributed by atoms with Gasteiger partial charge in [0.1, 0.15) is 5.56 Å². The Bertz CT molecular complexity index is 1450. The summed E-state index contributed by atoms with van der Waals surface area (Å²) in [5, 5.41) is 36.4. The average Bonchev–Trinajstić information content (AvgIpc) is 3.13. The molecule has 4 rings (SSSR count). The number of benzene rings is 3. The van der Waals surface area contributed by atoms with Gasteiger partial charge in [-0.3, -0.25) is 25.0 Å². The number of nitro groups is 2. The Morgan fingerprint density at radius 1 is 1.13 bits per heavy atom. The van der Waals surface area contributed by atoms with Crippen LogP contribution in [0.15, 0.2) is 59.1 Å². The zero-order valence-corrected chi connectivity index (χ0v) is 23.0. The molecule has 0 saturated carbocycles. The number of carbonyl (C=O) groups is 1. The van der Waals surface area contributed by atoms with E-state index in [-0.39, 0.29) is 33.8 Å². The van der Waals surface area contributed by atoms with Crippen molar-refractivity contribution in [3.63, 3.8) is 0 Å². The number of halogens is 1. The smallest absolute Gasteiger partial charge is 0.305 e. The number of carbonyl (C=O) groups excluding carboxylic acids is 1. The van der Waals surface area contributed by atoms with Crippen LogP contribution >= 0.6 is 15.9 Å². The molecule has 13 nitrogen and oxygen atoms in total. The van der Waals surface area contributed by atoms with Crippen molar-refractivity contribution in [3.8, 4) is 0 Å². The third-order valence-corrected chi connectivity index (χ3v) is 7.24. The summed E-state index contributed by atoms with van der Waals surface area (Å²) in [6.07, 6.45) is 0. The molecule has 0 aromatic heterocycles. The number of hydrogen-bond acceptors (Lipinski definition) is 8. The molecule has 0 saturated heterocycles. The number of nitrogen functional groups attached to an aromatic ring is 1. The third-order valence-electron chi connectivity index (χ3n) is 6.62. The highest BCUT2D eigenvalue weighted by atomic mass is 79.9. The normalized spacial score (nSPS) is 15.2. The SMILES string of the molecule is CCN(c1ccc([NH2+]Nc2c(Br)cc([N+](=O)[O-])cc2[N+](=O)[O-])c(C)c1)C(C)CN1C(=O)c2ccccc2[NH+]1[O-]. The van der Waals surface area contributed by atoms with Gasteiger partial charge in [0.25, 0.3) is 5.69 Å².